The van der Waals surface area contributed by atoms with Crippen LogP contribution in [0.2, 0.25) is 0 Å². The predicted molar refractivity (Wildman–Crippen MR) is 188 cm³/mol. The Bertz CT molecular complexity index is 1650. The maximum Gasteiger partial charge on any atom is 0.339 e. The predicted octanol–water partition coefficient (Wildman–Crippen LogP) is 6.92. The Balaban J connectivity index is 0.00000235. The average Bonchev–Trinajstić information content (AvgIpc) is 3.86. The van der Waals surface area contributed by atoms with Crippen molar-refractivity contribution in [2.75, 3.05) is 56.8 Å². The van der Waals surface area contributed by atoms with Gasteiger partial charge in [0.1, 0.15) is 17.2 Å². The molecule has 0 unspecified atom stereocenters. The molecule has 46 heavy (non-hydrogen) atoms. The smallest absolute Gasteiger partial charge is 0.339 e. The first-order chi connectivity index (χ1) is 22.3. The van der Waals surface area contributed by atoms with Gasteiger partial charge in [-0.2, -0.15) is 0 Å². The van der Waals surface area contributed by atoms with Crippen LogP contribution in [-0.2, 0) is 20.8 Å². The number of carbonyl (C=O) groups excluding carboxylic acids is 2. The number of nitrogen functional groups attached to an aromatic ring is 1. The van der Waals surface area contributed by atoms with Crippen LogP contribution in [0, 0.1) is 5.82 Å². The van der Waals surface area contributed by atoms with E-state index in [0.717, 1.165) is 29.5 Å². The van der Waals surface area contributed by atoms with E-state index in [1.54, 1.807) is 49.3 Å². The molecule has 1 fully saturated rings. The highest BCUT2D eigenvalue weighted by Gasteiger charge is 2.31. The van der Waals surface area contributed by atoms with Crippen molar-refractivity contribution in [3.63, 3.8) is 0 Å². The molecule has 0 aliphatic heterocycles. The summed E-state index contributed by atoms with van der Waals surface area (Å²) < 4.78 is 38.4. The van der Waals surface area contributed by atoms with E-state index in [4.69, 9.17) is 24.4 Å². The summed E-state index contributed by atoms with van der Waals surface area (Å²) in [7, 11) is 2.91. The lowest BCUT2D eigenvalue weighted by Gasteiger charge is -2.24. The normalized spacial score (nSPS) is 12.4. The highest BCUT2D eigenvalue weighted by atomic mass is 33.1. The highest BCUT2D eigenvalue weighted by molar-refractivity contribution is 8.59. The van der Waals surface area contributed by atoms with E-state index < -0.39 is 5.97 Å². The number of halogens is 1. The molecule has 4 aromatic rings. The first kappa shape index (κ1) is 35.5. The van der Waals surface area contributed by atoms with Gasteiger partial charge in [-0.1, -0.05) is 18.0 Å². The summed E-state index contributed by atoms with van der Waals surface area (Å²) >= 11 is 8.04. The number of methoxy groups -OCH3 is 1. The summed E-state index contributed by atoms with van der Waals surface area (Å²) in [6.07, 6.45) is 4.19. The molecule has 1 aromatic heterocycles. The highest BCUT2D eigenvalue weighted by Crippen LogP contribution is 2.48. The molecule has 3 aromatic carbocycles. The lowest BCUT2D eigenvalue weighted by molar-refractivity contribution is 0.0436. The van der Waals surface area contributed by atoms with Crippen molar-refractivity contribution in [3.05, 3.63) is 82.7 Å². The summed E-state index contributed by atoms with van der Waals surface area (Å²) in [4.78, 5) is 24.7. The number of thiol groups is 2. The third-order valence-corrected chi connectivity index (χ3v) is 8.32. The zero-order valence-corrected chi connectivity index (χ0v) is 28.5. The molecule has 3 N–H and O–H groups in total. The van der Waals surface area contributed by atoms with E-state index >= 15 is 0 Å². The van der Waals surface area contributed by atoms with Gasteiger partial charge in [0.25, 0.3) is 5.91 Å². The fourth-order valence-corrected chi connectivity index (χ4v) is 5.72. The standard InChI is InChI=1S/C33H36FN3O6S.H2S2/c1-36-32(38)30-26-17-25(21-5-6-21)28(18-29(26)43-31(30)22-7-9-23(34)10-8-22)37(44-3)12-13-41-14-15-42-19-20-4-11-24(27(35)16-20)33(39)40-2;1-2/h4,7-11,16-18,21H,5-6,12-15,19,35H2,1-3H3,(H,36,38);1-2H. The summed E-state index contributed by atoms with van der Waals surface area (Å²) in [6.45, 7) is 2.28. The molecule has 0 saturated heterocycles. The average molecular weight is 688 g/mol. The van der Waals surface area contributed by atoms with Gasteiger partial charge in [0.15, 0.2) is 0 Å². The Morgan fingerprint density at radius 1 is 1.07 bits per heavy atom. The molecule has 246 valence electrons. The number of nitrogens with two attached hydrogens (primary N) is 1. The molecule has 0 spiro atoms. The third-order valence-electron chi connectivity index (χ3n) is 7.50. The number of ether oxygens (including phenoxy) is 3. The summed E-state index contributed by atoms with van der Waals surface area (Å²) in [5, 5.41) is 3.47. The monoisotopic (exact) mass is 687 g/mol. The zero-order valence-electron chi connectivity index (χ0n) is 25.9. The Hall–Kier alpha value is -3.36. The Labute approximate surface area is 282 Å². The number of furan rings is 1. The minimum atomic E-state index is -0.473. The number of fused-ring (bicyclic) bond motifs is 1. The van der Waals surface area contributed by atoms with E-state index in [1.807, 2.05) is 12.3 Å². The lowest BCUT2D eigenvalue weighted by Crippen LogP contribution is -2.22. The number of rotatable bonds is 14. The number of amides is 1. The van der Waals surface area contributed by atoms with Crippen LogP contribution < -0.4 is 15.4 Å². The zero-order chi connectivity index (χ0) is 33.2. The van der Waals surface area contributed by atoms with Gasteiger partial charge < -0.3 is 34.0 Å². The van der Waals surface area contributed by atoms with Crippen LogP contribution in [0.4, 0.5) is 15.8 Å². The topological polar surface area (TPSA) is 116 Å². The van der Waals surface area contributed by atoms with Crippen LogP contribution in [0.1, 0.15) is 50.6 Å². The Morgan fingerprint density at radius 2 is 1.78 bits per heavy atom. The number of anilines is 2. The fourth-order valence-electron chi connectivity index (χ4n) is 5.11. The number of benzene rings is 3. The van der Waals surface area contributed by atoms with Crippen molar-refractivity contribution in [3.8, 4) is 11.3 Å². The van der Waals surface area contributed by atoms with Crippen molar-refractivity contribution in [2.24, 2.45) is 0 Å². The van der Waals surface area contributed by atoms with Gasteiger partial charge >= 0.3 is 5.97 Å². The number of esters is 1. The number of hydrogen-bond donors (Lipinski definition) is 4. The van der Waals surface area contributed by atoms with Crippen LogP contribution in [-0.4, -0.2) is 58.7 Å². The first-order valence-corrected chi connectivity index (χ1v) is 17.3. The van der Waals surface area contributed by atoms with Crippen LogP contribution in [0.25, 0.3) is 22.3 Å². The van der Waals surface area contributed by atoms with Crippen molar-refractivity contribution in [1.29, 1.82) is 0 Å². The van der Waals surface area contributed by atoms with Gasteiger partial charge in [0, 0.05) is 36.0 Å². The minimum Gasteiger partial charge on any atom is -0.465 e. The molecule has 1 saturated carbocycles. The second kappa shape index (κ2) is 17.0. The quantitative estimate of drug-likeness (QED) is 0.0280. The van der Waals surface area contributed by atoms with E-state index in [2.05, 4.69) is 39.0 Å². The summed E-state index contributed by atoms with van der Waals surface area (Å²) in [6, 6.07) is 15.2. The van der Waals surface area contributed by atoms with Crippen molar-refractivity contribution < 1.29 is 32.6 Å². The molecule has 13 heteroatoms. The van der Waals surface area contributed by atoms with Gasteiger partial charge in [0.2, 0.25) is 0 Å². The Morgan fingerprint density at radius 3 is 2.41 bits per heavy atom. The second-order valence-corrected chi connectivity index (χ2v) is 11.2. The van der Waals surface area contributed by atoms with Crippen molar-refractivity contribution in [1.82, 2.24) is 5.32 Å². The van der Waals surface area contributed by atoms with Gasteiger partial charge in [-0.05, 0) is 72.4 Å². The van der Waals surface area contributed by atoms with E-state index in [-0.39, 0.29) is 11.7 Å². The maximum atomic E-state index is 13.6. The molecule has 9 nitrogen and oxygen atoms in total. The SMILES string of the molecule is CNC(=O)c1c(-c2ccc(F)cc2)oc2cc(N(CCOCCOCc3ccc(C(=O)OC)c(N)c3)SC)c(C3CC3)cc12.SS. The molecule has 1 amide bonds. The number of hydrogen-bond acceptors (Lipinski definition) is 11. The van der Waals surface area contributed by atoms with Gasteiger partial charge in [0.05, 0.1) is 56.9 Å². The number of carbonyl (C=O) groups is 2. The van der Waals surface area contributed by atoms with Gasteiger partial charge in [-0.3, -0.25) is 4.79 Å². The largest absolute Gasteiger partial charge is 0.465 e. The summed E-state index contributed by atoms with van der Waals surface area (Å²) in [5.41, 5.74) is 11.4. The van der Waals surface area contributed by atoms with Crippen LogP contribution in [0.3, 0.4) is 0 Å². The second-order valence-electron chi connectivity index (χ2n) is 10.4. The van der Waals surface area contributed by atoms with Gasteiger partial charge in [-0.25, -0.2) is 9.18 Å². The van der Waals surface area contributed by atoms with E-state index in [0.29, 0.717) is 72.6 Å². The van der Waals surface area contributed by atoms with E-state index in [9.17, 15) is 14.0 Å². The molecule has 1 aliphatic rings. The first-order valence-electron chi connectivity index (χ1n) is 14.6. The molecule has 0 radical (unpaired) electrons. The molecule has 1 heterocycles. The van der Waals surface area contributed by atoms with E-state index in [1.165, 1.54) is 24.8 Å². The van der Waals surface area contributed by atoms with Crippen LogP contribution in [0.15, 0.2) is 59.0 Å². The molecular weight excluding hydrogens is 650 g/mol. The van der Waals surface area contributed by atoms with Crippen LogP contribution >= 0.6 is 35.3 Å². The molecule has 0 atom stereocenters. The van der Waals surface area contributed by atoms with Crippen LogP contribution in [0.5, 0.6) is 0 Å². The van der Waals surface area contributed by atoms with Gasteiger partial charge in [-0.15, -0.1) is 23.3 Å². The van der Waals surface area contributed by atoms with Crippen molar-refractivity contribution >= 4 is 69.5 Å². The fraction of sp³-hybridized carbons (Fsp3) is 0.333. The third kappa shape index (κ3) is 8.51. The molecule has 0 bridgehead atoms. The number of nitrogens with one attached hydrogen (secondary N) is 1. The Kier molecular flexibility index (Phi) is 13.1. The molecular formula is C33H38FN3O6S3. The lowest BCUT2D eigenvalue weighted by atomic mass is 10.0. The summed E-state index contributed by atoms with van der Waals surface area (Å²) in [5.74, 6) is -0.253. The molecule has 1 aliphatic carbocycles. The van der Waals surface area contributed by atoms with Crippen molar-refractivity contribution in [2.45, 2.75) is 25.4 Å². The maximum absolute atomic E-state index is 13.6. The minimum absolute atomic E-state index is 0.253. The number of nitrogens with zero attached hydrogens (tertiary/aromatic N) is 1. The molecule has 5 rings (SSSR count).